The maximum atomic E-state index is 12.5. The maximum absolute atomic E-state index is 12.5. The van der Waals surface area contributed by atoms with Crippen molar-refractivity contribution in [2.75, 3.05) is 14.2 Å². The van der Waals surface area contributed by atoms with Gasteiger partial charge in [-0.25, -0.2) is 0 Å². The van der Waals surface area contributed by atoms with E-state index in [1.807, 2.05) is 0 Å². The maximum Gasteiger partial charge on any atom is 0.305 e. The molecule has 1 fully saturated rings. The van der Waals surface area contributed by atoms with Crippen LogP contribution in [-0.2, 0) is 4.79 Å². The molecule has 0 bridgehead atoms. The van der Waals surface area contributed by atoms with Gasteiger partial charge in [0.2, 0.25) is 0 Å². The van der Waals surface area contributed by atoms with Gasteiger partial charge in [0.05, 0.1) is 26.2 Å². The van der Waals surface area contributed by atoms with Crippen LogP contribution in [0.15, 0.2) is 18.2 Å². The molecule has 1 saturated carbocycles. The molecule has 1 amide bonds. The highest BCUT2D eigenvalue weighted by molar-refractivity contribution is 5.96. The smallest absolute Gasteiger partial charge is 0.305 e. The predicted octanol–water partition coefficient (Wildman–Crippen LogP) is 2.22. The second-order valence-electron chi connectivity index (χ2n) is 5.61. The number of hydrogen-bond acceptors (Lipinski definition) is 4. The van der Waals surface area contributed by atoms with Gasteiger partial charge in [0.15, 0.2) is 0 Å². The number of rotatable bonds is 6. The minimum atomic E-state index is -0.898. The molecule has 1 aromatic carbocycles. The second kappa shape index (κ2) is 6.68. The van der Waals surface area contributed by atoms with Crippen molar-refractivity contribution in [1.82, 2.24) is 5.32 Å². The van der Waals surface area contributed by atoms with Crippen LogP contribution in [0, 0.1) is 0 Å². The predicted molar refractivity (Wildman–Crippen MR) is 80.5 cm³/mol. The lowest BCUT2D eigenvalue weighted by atomic mass is 9.92. The summed E-state index contributed by atoms with van der Waals surface area (Å²) in [6.45, 7) is 0. The summed E-state index contributed by atoms with van der Waals surface area (Å²) in [5.41, 5.74) is -0.257. The molecule has 0 radical (unpaired) electrons. The zero-order valence-corrected chi connectivity index (χ0v) is 12.8. The normalized spacial score (nSPS) is 16.1. The molecule has 1 aromatic rings. The summed E-state index contributed by atoms with van der Waals surface area (Å²) in [5, 5.41) is 12.0. The molecular weight excluding hydrogens is 286 g/mol. The zero-order chi connectivity index (χ0) is 16.2. The molecule has 0 unspecified atom stereocenters. The Labute approximate surface area is 129 Å². The monoisotopic (exact) mass is 307 g/mol. The van der Waals surface area contributed by atoms with Crippen molar-refractivity contribution in [2.24, 2.45) is 0 Å². The largest absolute Gasteiger partial charge is 0.497 e. The van der Waals surface area contributed by atoms with Gasteiger partial charge in [-0.3, -0.25) is 9.59 Å². The molecule has 0 aliphatic heterocycles. The van der Waals surface area contributed by atoms with Gasteiger partial charge in [0.25, 0.3) is 5.91 Å². The van der Waals surface area contributed by atoms with Crippen molar-refractivity contribution < 1.29 is 24.2 Å². The van der Waals surface area contributed by atoms with E-state index in [1.54, 1.807) is 18.2 Å². The van der Waals surface area contributed by atoms with Gasteiger partial charge >= 0.3 is 5.97 Å². The van der Waals surface area contributed by atoms with Crippen LogP contribution < -0.4 is 14.8 Å². The van der Waals surface area contributed by atoms with Crippen molar-refractivity contribution >= 4 is 11.9 Å². The fraction of sp³-hybridized carbons (Fsp3) is 0.500. The van der Waals surface area contributed by atoms with Crippen LogP contribution in [0.1, 0.15) is 42.5 Å². The van der Waals surface area contributed by atoms with Crippen LogP contribution in [0.4, 0.5) is 0 Å². The zero-order valence-electron chi connectivity index (χ0n) is 12.8. The van der Waals surface area contributed by atoms with Crippen LogP contribution in [0.5, 0.6) is 11.5 Å². The van der Waals surface area contributed by atoms with Gasteiger partial charge < -0.3 is 19.9 Å². The van der Waals surface area contributed by atoms with E-state index in [-0.39, 0.29) is 12.3 Å². The van der Waals surface area contributed by atoms with Crippen LogP contribution in [-0.4, -0.2) is 36.7 Å². The number of carboxylic acid groups (broad SMARTS) is 1. The van der Waals surface area contributed by atoms with E-state index in [2.05, 4.69) is 5.32 Å². The van der Waals surface area contributed by atoms with Crippen LogP contribution in [0.3, 0.4) is 0 Å². The number of aliphatic carboxylic acids is 1. The molecule has 0 spiro atoms. The first-order valence-corrected chi connectivity index (χ1v) is 7.25. The topological polar surface area (TPSA) is 84.9 Å². The van der Waals surface area contributed by atoms with Gasteiger partial charge in [0.1, 0.15) is 11.5 Å². The lowest BCUT2D eigenvalue weighted by Gasteiger charge is -2.28. The highest BCUT2D eigenvalue weighted by Crippen LogP contribution is 2.33. The fourth-order valence-electron chi connectivity index (χ4n) is 2.94. The molecule has 1 aliphatic carbocycles. The second-order valence-corrected chi connectivity index (χ2v) is 5.61. The van der Waals surface area contributed by atoms with E-state index in [4.69, 9.17) is 14.6 Å². The molecule has 0 atom stereocenters. The fourth-order valence-corrected chi connectivity index (χ4v) is 2.94. The Balaban J connectivity index is 2.21. The molecule has 0 saturated heterocycles. The summed E-state index contributed by atoms with van der Waals surface area (Å²) in [6, 6.07) is 4.90. The summed E-state index contributed by atoms with van der Waals surface area (Å²) >= 11 is 0. The molecular formula is C16H21NO5. The van der Waals surface area contributed by atoms with Crippen molar-refractivity contribution in [1.29, 1.82) is 0 Å². The summed E-state index contributed by atoms with van der Waals surface area (Å²) in [7, 11) is 3.03. The van der Waals surface area contributed by atoms with Gasteiger partial charge in [0, 0.05) is 11.6 Å². The van der Waals surface area contributed by atoms with E-state index in [0.29, 0.717) is 29.9 Å². The molecule has 0 heterocycles. The molecule has 1 aliphatic rings. The summed E-state index contributed by atoms with van der Waals surface area (Å²) < 4.78 is 10.3. The number of amides is 1. The molecule has 6 nitrogen and oxygen atoms in total. The number of carbonyl (C=O) groups is 2. The molecule has 120 valence electrons. The number of hydrogen-bond donors (Lipinski definition) is 2. The Morgan fingerprint density at radius 1 is 1.14 bits per heavy atom. The summed E-state index contributed by atoms with van der Waals surface area (Å²) in [5.74, 6) is -0.169. The van der Waals surface area contributed by atoms with Crippen LogP contribution >= 0.6 is 0 Å². The molecule has 2 rings (SSSR count). The molecule has 22 heavy (non-hydrogen) atoms. The Bertz CT molecular complexity index is 541. The highest BCUT2D eigenvalue weighted by atomic mass is 16.5. The van der Waals surface area contributed by atoms with E-state index in [9.17, 15) is 9.59 Å². The number of nitrogens with one attached hydrogen (secondary N) is 1. The van der Waals surface area contributed by atoms with Gasteiger partial charge in [-0.15, -0.1) is 0 Å². The number of ether oxygens (including phenoxy) is 2. The van der Waals surface area contributed by atoms with Crippen molar-refractivity contribution in [2.45, 2.75) is 37.6 Å². The lowest BCUT2D eigenvalue weighted by Crippen LogP contribution is -2.47. The number of benzene rings is 1. The van der Waals surface area contributed by atoms with Crippen molar-refractivity contribution in [3.8, 4) is 11.5 Å². The third kappa shape index (κ3) is 3.69. The van der Waals surface area contributed by atoms with Gasteiger partial charge in [-0.05, 0) is 25.0 Å². The van der Waals surface area contributed by atoms with Gasteiger partial charge in [-0.1, -0.05) is 12.8 Å². The Morgan fingerprint density at radius 2 is 1.68 bits per heavy atom. The molecule has 6 heteroatoms. The van der Waals surface area contributed by atoms with Crippen molar-refractivity contribution in [3.05, 3.63) is 23.8 Å². The van der Waals surface area contributed by atoms with Gasteiger partial charge in [-0.2, -0.15) is 0 Å². The number of carbonyl (C=O) groups excluding carboxylic acids is 1. The Hall–Kier alpha value is -2.24. The molecule has 2 N–H and O–H groups in total. The van der Waals surface area contributed by atoms with E-state index >= 15 is 0 Å². The highest BCUT2D eigenvalue weighted by Gasteiger charge is 2.37. The molecule has 0 aromatic heterocycles. The van der Waals surface area contributed by atoms with Crippen LogP contribution in [0.2, 0.25) is 0 Å². The number of carboxylic acids is 1. The third-order valence-corrected chi connectivity index (χ3v) is 4.04. The summed E-state index contributed by atoms with van der Waals surface area (Å²) in [6.07, 6.45) is 3.17. The summed E-state index contributed by atoms with van der Waals surface area (Å²) in [4.78, 5) is 23.6. The first kappa shape index (κ1) is 16.1. The van der Waals surface area contributed by atoms with E-state index < -0.39 is 11.5 Å². The Kier molecular flexibility index (Phi) is 4.90. The minimum Gasteiger partial charge on any atom is -0.497 e. The Morgan fingerprint density at radius 3 is 2.14 bits per heavy atom. The van der Waals surface area contributed by atoms with Crippen molar-refractivity contribution in [3.63, 3.8) is 0 Å². The third-order valence-electron chi connectivity index (χ3n) is 4.04. The average Bonchev–Trinajstić information content (AvgIpc) is 2.93. The lowest BCUT2D eigenvalue weighted by molar-refractivity contribution is -0.138. The quantitative estimate of drug-likeness (QED) is 0.842. The SMILES string of the molecule is COc1cc(OC)cc(C(=O)NC2(CC(=O)O)CCCC2)c1. The average molecular weight is 307 g/mol. The van der Waals surface area contributed by atoms with E-state index in [1.165, 1.54) is 14.2 Å². The first-order valence-electron chi connectivity index (χ1n) is 7.25. The minimum absolute atomic E-state index is 0.0557. The van der Waals surface area contributed by atoms with Crippen LogP contribution in [0.25, 0.3) is 0 Å². The number of methoxy groups -OCH3 is 2. The van der Waals surface area contributed by atoms with E-state index in [0.717, 1.165) is 12.8 Å². The standard InChI is InChI=1S/C16H21NO5/c1-21-12-7-11(8-13(9-12)22-2)15(20)17-16(10-14(18)19)5-3-4-6-16/h7-9H,3-6,10H2,1-2H3,(H,17,20)(H,18,19). The first-order chi connectivity index (χ1) is 10.5.